The number of rotatable bonds is 9. The van der Waals surface area contributed by atoms with Crippen molar-refractivity contribution in [2.45, 2.75) is 31.7 Å². The summed E-state index contributed by atoms with van der Waals surface area (Å²) >= 11 is 0. The maximum Gasteiger partial charge on any atom is 0.247 e. The number of sulfonamides is 1. The second-order valence-electron chi connectivity index (χ2n) is 4.34. The van der Waals surface area contributed by atoms with Gasteiger partial charge in [-0.3, -0.25) is 4.68 Å². The Labute approximate surface area is 121 Å². The largest absolute Gasteiger partial charge is 0.315 e. The predicted molar refractivity (Wildman–Crippen MR) is 78.7 cm³/mol. The first-order valence-electron chi connectivity index (χ1n) is 6.73. The molecular weight excluding hydrogens is 276 g/mol. The molecule has 0 saturated carbocycles. The minimum absolute atomic E-state index is 0.0821. The SMILES string of the molecule is C#CCN(CCC)S(=O)(=O)c1cnn(CCNCC)c1. The van der Waals surface area contributed by atoms with Crippen LogP contribution in [0.2, 0.25) is 0 Å². The Morgan fingerprint density at radius 1 is 1.50 bits per heavy atom. The van der Waals surface area contributed by atoms with Crippen molar-refractivity contribution in [3.8, 4) is 12.3 Å². The highest BCUT2D eigenvalue weighted by Gasteiger charge is 2.24. The molecule has 7 heteroatoms. The van der Waals surface area contributed by atoms with Crippen molar-refractivity contribution in [3.63, 3.8) is 0 Å². The van der Waals surface area contributed by atoms with Gasteiger partial charge in [-0.2, -0.15) is 9.40 Å². The molecule has 0 amide bonds. The van der Waals surface area contributed by atoms with Gasteiger partial charge in [0, 0.05) is 19.3 Å². The number of terminal acetylenes is 1. The second kappa shape index (κ2) is 8.04. The number of aromatic nitrogens is 2. The Kier molecular flexibility index (Phi) is 6.71. The van der Waals surface area contributed by atoms with Crippen LogP contribution in [0.4, 0.5) is 0 Å². The van der Waals surface area contributed by atoms with E-state index < -0.39 is 10.0 Å². The van der Waals surface area contributed by atoms with Crippen molar-refractivity contribution in [3.05, 3.63) is 12.4 Å². The van der Waals surface area contributed by atoms with Crippen LogP contribution in [0.15, 0.2) is 17.3 Å². The zero-order valence-electron chi connectivity index (χ0n) is 12.0. The fraction of sp³-hybridized carbons (Fsp3) is 0.615. The van der Waals surface area contributed by atoms with E-state index in [9.17, 15) is 8.42 Å². The van der Waals surface area contributed by atoms with Gasteiger partial charge in [0.1, 0.15) is 4.90 Å². The molecule has 1 rings (SSSR count). The Morgan fingerprint density at radius 3 is 2.85 bits per heavy atom. The van der Waals surface area contributed by atoms with Crippen LogP contribution < -0.4 is 5.32 Å². The summed E-state index contributed by atoms with van der Waals surface area (Å²) in [6.45, 7) is 6.68. The average molecular weight is 298 g/mol. The van der Waals surface area contributed by atoms with Gasteiger partial charge in [-0.15, -0.1) is 6.42 Å². The molecule has 0 aliphatic heterocycles. The van der Waals surface area contributed by atoms with Crippen molar-refractivity contribution in [2.75, 3.05) is 26.2 Å². The normalized spacial score (nSPS) is 11.7. The van der Waals surface area contributed by atoms with Gasteiger partial charge in [0.05, 0.1) is 19.3 Å². The van der Waals surface area contributed by atoms with Gasteiger partial charge in [0.25, 0.3) is 0 Å². The Morgan fingerprint density at radius 2 is 2.25 bits per heavy atom. The third kappa shape index (κ3) is 4.34. The van der Waals surface area contributed by atoms with Gasteiger partial charge >= 0.3 is 0 Å². The number of hydrogen-bond acceptors (Lipinski definition) is 4. The first-order chi connectivity index (χ1) is 9.56. The number of hydrogen-bond donors (Lipinski definition) is 1. The minimum atomic E-state index is -3.55. The van der Waals surface area contributed by atoms with E-state index in [4.69, 9.17) is 6.42 Å². The standard InChI is InChI=1S/C13H22N4O2S/c1-4-8-17(9-5-2)20(18,19)13-11-15-16(12-13)10-7-14-6-3/h1,11-12,14H,5-10H2,2-3H3. The number of nitrogens with zero attached hydrogens (tertiary/aromatic N) is 3. The van der Waals surface area contributed by atoms with E-state index in [0.717, 1.165) is 19.5 Å². The van der Waals surface area contributed by atoms with Gasteiger partial charge in [-0.05, 0) is 13.0 Å². The van der Waals surface area contributed by atoms with Crippen molar-refractivity contribution in [1.29, 1.82) is 0 Å². The lowest BCUT2D eigenvalue weighted by Gasteiger charge is -2.17. The zero-order chi connectivity index (χ0) is 15.0. The molecule has 6 nitrogen and oxygen atoms in total. The van der Waals surface area contributed by atoms with Crippen molar-refractivity contribution in [2.24, 2.45) is 0 Å². The molecule has 0 fully saturated rings. The van der Waals surface area contributed by atoms with Gasteiger partial charge < -0.3 is 5.32 Å². The Balaban J connectivity index is 2.83. The molecule has 1 heterocycles. The van der Waals surface area contributed by atoms with Gasteiger partial charge in [0.15, 0.2) is 0 Å². The zero-order valence-corrected chi connectivity index (χ0v) is 12.9. The topological polar surface area (TPSA) is 67.2 Å². The molecule has 112 valence electrons. The Hall–Kier alpha value is -1.36. The summed E-state index contributed by atoms with van der Waals surface area (Å²) in [5.41, 5.74) is 0. The van der Waals surface area contributed by atoms with E-state index in [-0.39, 0.29) is 11.4 Å². The maximum atomic E-state index is 12.4. The molecule has 0 aliphatic rings. The minimum Gasteiger partial charge on any atom is -0.315 e. The molecule has 0 aromatic carbocycles. The van der Waals surface area contributed by atoms with Crippen LogP contribution in [0.5, 0.6) is 0 Å². The first kappa shape index (κ1) is 16.7. The molecule has 0 aliphatic carbocycles. The quantitative estimate of drug-likeness (QED) is 0.533. The van der Waals surface area contributed by atoms with Crippen LogP contribution in [0.1, 0.15) is 20.3 Å². The third-order valence-corrected chi connectivity index (χ3v) is 4.55. The van der Waals surface area contributed by atoms with Crippen LogP contribution in [0, 0.1) is 12.3 Å². The monoisotopic (exact) mass is 298 g/mol. The predicted octanol–water partition coefficient (Wildman–Crippen LogP) is 0.527. The van der Waals surface area contributed by atoms with Crippen LogP contribution in [-0.4, -0.2) is 48.7 Å². The van der Waals surface area contributed by atoms with E-state index in [0.29, 0.717) is 13.1 Å². The summed E-state index contributed by atoms with van der Waals surface area (Å²) in [5, 5.41) is 7.24. The van der Waals surface area contributed by atoms with Crippen LogP contribution in [0.3, 0.4) is 0 Å². The van der Waals surface area contributed by atoms with Crippen LogP contribution in [0.25, 0.3) is 0 Å². The highest BCUT2D eigenvalue weighted by Crippen LogP contribution is 2.14. The molecule has 1 aromatic rings. The van der Waals surface area contributed by atoms with E-state index >= 15 is 0 Å². The summed E-state index contributed by atoms with van der Waals surface area (Å²) in [4.78, 5) is 0.192. The highest BCUT2D eigenvalue weighted by molar-refractivity contribution is 7.89. The van der Waals surface area contributed by atoms with Gasteiger partial charge in [-0.25, -0.2) is 8.42 Å². The molecule has 0 spiro atoms. The van der Waals surface area contributed by atoms with E-state index in [2.05, 4.69) is 16.3 Å². The third-order valence-electron chi connectivity index (χ3n) is 2.76. The molecule has 0 unspecified atom stereocenters. The molecule has 0 radical (unpaired) electrons. The fourth-order valence-corrected chi connectivity index (χ4v) is 3.16. The van der Waals surface area contributed by atoms with Gasteiger partial charge in [0.2, 0.25) is 10.0 Å². The molecule has 20 heavy (non-hydrogen) atoms. The van der Waals surface area contributed by atoms with Crippen LogP contribution >= 0.6 is 0 Å². The Bertz CT molecular complexity index is 545. The molecule has 1 N–H and O–H groups in total. The van der Waals surface area contributed by atoms with Crippen molar-refractivity contribution < 1.29 is 8.42 Å². The fourth-order valence-electron chi connectivity index (χ4n) is 1.75. The summed E-state index contributed by atoms with van der Waals surface area (Å²) in [5.74, 6) is 2.39. The maximum absolute atomic E-state index is 12.4. The average Bonchev–Trinajstić information content (AvgIpc) is 2.88. The first-order valence-corrected chi connectivity index (χ1v) is 8.17. The molecule has 0 atom stereocenters. The van der Waals surface area contributed by atoms with Crippen molar-refractivity contribution >= 4 is 10.0 Å². The summed E-state index contributed by atoms with van der Waals surface area (Å²) in [7, 11) is -3.55. The van der Waals surface area contributed by atoms with Crippen LogP contribution in [-0.2, 0) is 16.6 Å². The smallest absolute Gasteiger partial charge is 0.247 e. The van der Waals surface area contributed by atoms with Crippen molar-refractivity contribution in [1.82, 2.24) is 19.4 Å². The molecule has 1 aromatic heterocycles. The highest BCUT2D eigenvalue weighted by atomic mass is 32.2. The molecule has 0 saturated heterocycles. The molecule has 0 bridgehead atoms. The summed E-state index contributed by atoms with van der Waals surface area (Å²) in [6.07, 6.45) is 8.88. The van der Waals surface area contributed by atoms with E-state index in [1.165, 1.54) is 10.5 Å². The summed E-state index contributed by atoms with van der Waals surface area (Å²) in [6, 6.07) is 0. The summed E-state index contributed by atoms with van der Waals surface area (Å²) < 4.78 is 27.8. The lowest BCUT2D eigenvalue weighted by atomic mass is 10.5. The lowest BCUT2D eigenvalue weighted by molar-refractivity contribution is 0.445. The second-order valence-corrected chi connectivity index (χ2v) is 6.27. The molecular formula is C13H22N4O2S. The number of nitrogens with one attached hydrogen (secondary N) is 1. The number of likely N-dealkylation sites (N-methyl/N-ethyl adjacent to an activating group) is 1. The van der Waals surface area contributed by atoms with Gasteiger partial charge in [-0.1, -0.05) is 19.8 Å². The van der Waals surface area contributed by atoms with E-state index in [1.54, 1.807) is 10.9 Å². The van der Waals surface area contributed by atoms with E-state index in [1.807, 2.05) is 13.8 Å². The lowest BCUT2D eigenvalue weighted by Crippen LogP contribution is -2.32.